The first kappa shape index (κ1) is 20.8. The van der Waals surface area contributed by atoms with Gasteiger partial charge in [0, 0.05) is 37.4 Å². The van der Waals surface area contributed by atoms with Gasteiger partial charge in [0.15, 0.2) is 0 Å². The lowest BCUT2D eigenvalue weighted by Gasteiger charge is -2.46. The minimum absolute atomic E-state index is 0.111. The quantitative estimate of drug-likeness (QED) is 0.786. The van der Waals surface area contributed by atoms with Crippen molar-refractivity contribution < 1.29 is 4.79 Å². The first-order valence-electron chi connectivity index (χ1n) is 12.1. The van der Waals surface area contributed by atoms with Gasteiger partial charge in [-0.3, -0.25) is 4.90 Å². The number of aromatic nitrogens is 2. The van der Waals surface area contributed by atoms with Crippen LogP contribution >= 0.6 is 0 Å². The summed E-state index contributed by atoms with van der Waals surface area (Å²) in [6, 6.07) is 6.80. The molecule has 2 aromatic rings. The van der Waals surface area contributed by atoms with Gasteiger partial charge in [-0.1, -0.05) is 6.42 Å². The van der Waals surface area contributed by atoms with Crippen molar-refractivity contribution in [2.45, 2.75) is 71.1 Å². The number of fused-ring (bicyclic) bond motifs is 4. The van der Waals surface area contributed by atoms with Gasteiger partial charge >= 0.3 is 6.03 Å². The van der Waals surface area contributed by atoms with Crippen LogP contribution in [0.2, 0.25) is 0 Å². The molecule has 3 aliphatic rings. The van der Waals surface area contributed by atoms with Crippen molar-refractivity contribution in [2.75, 3.05) is 31.5 Å². The Labute approximate surface area is 185 Å². The number of imidazole rings is 1. The highest BCUT2D eigenvalue weighted by molar-refractivity contribution is 5.92. The smallest absolute Gasteiger partial charge is 0.319 e. The summed E-state index contributed by atoms with van der Waals surface area (Å²) in [7, 11) is 0. The second-order valence-electron chi connectivity index (χ2n) is 9.87. The zero-order chi connectivity index (χ0) is 21.4. The highest BCUT2D eigenvalue weighted by Crippen LogP contribution is 2.32. The number of benzene rings is 1. The van der Waals surface area contributed by atoms with Crippen LogP contribution in [-0.4, -0.2) is 63.6 Å². The Kier molecular flexibility index (Phi) is 5.89. The predicted molar refractivity (Wildman–Crippen MR) is 124 cm³/mol. The molecule has 0 radical (unpaired) electrons. The summed E-state index contributed by atoms with van der Waals surface area (Å²) in [4.78, 5) is 22.4. The summed E-state index contributed by atoms with van der Waals surface area (Å²) in [5, 5.41) is 5.79. The van der Waals surface area contributed by atoms with Gasteiger partial charge in [0.05, 0.1) is 17.6 Å². The standard InChI is InChI=1S/C24H36N6O/c1-17(2)25-24(31)26-19-8-9-22-20(14-19)27-23-16-28(12-13-30(22)23)15-18-6-5-11-29-10-4-3-7-21(18)29/h8-9,14,17-18,21H,3-7,10-13,15-16H2,1-2H3,(H2,25,26,31)/t18-,21-/m0/s1. The minimum Gasteiger partial charge on any atom is -0.336 e. The molecule has 7 nitrogen and oxygen atoms in total. The Morgan fingerprint density at radius 2 is 2.00 bits per heavy atom. The van der Waals surface area contributed by atoms with Gasteiger partial charge in [-0.15, -0.1) is 0 Å². The third kappa shape index (κ3) is 4.44. The zero-order valence-electron chi connectivity index (χ0n) is 18.9. The summed E-state index contributed by atoms with van der Waals surface area (Å²) >= 11 is 0. The van der Waals surface area contributed by atoms with Crippen molar-refractivity contribution in [3.05, 3.63) is 24.0 Å². The van der Waals surface area contributed by atoms with E-state index in [0.717, 1.165) is 48.6 Å². The van der Waals surface area contributed by atoms with Crippen LogP contribution in [0.4, 0.5) is 10.5 Å². The number of anilines is 1. The molecule has 2 atom stereocenters. The zero-order valence-corrected chi connectivity index (χ0v) is 18.9. The van der Waals surface area contributed by atoms with Crippen molar-refractivity contribution in [2.24, 2.45) is 5.92 Å². The van der Waals surface area contributed by atoms with E-state index in [2.05, 4.69) is 31.1 Å². The number of hydrogen-bond donors (Lipinski definition) is 2. The summed E-state index contributed by atoms with van der Waals surface area (Å²) in [6.45, 7) is 10.7. The number of carbonyl (C=O) groups excluding carboxylic acids is 1. The maximum absolute atomic E-state index is 12.0. The predicted octanol–water partition coefficient (Wildman–Crippen LogP) is 3.65. The molecule has 168 valence electrons. The number of urea groups is 1. The first-order chi connectivity index (χ1) is 15.1. The number of nitrogens with zero attached hydrogens (tertiary/aromatic N) is 4. The molecule has 1 aromatic heterocycles. The van der Waals surface area contributed by atoms with Crippen LogP contribution in [0.1, 0.15) is 51.8 Å². The molecule has 1 aromatic carbocycles. The van der Waals surface area contributed by atoms with Gasteiger partial charge in [-0.25, -0.2) is 9.78 Å². The van der Waals surface area contributed by atoms with Crippen LogP contribution in [0.15, 0.2) is 18.2 Å². The monoisotopic (exact) mass is 424 g/mol. The minimum atomic E-state index is -0.172. The lowest BCUT2D eigenvalue weighted by molar-refractivity contribution is 0.0353. The summed E-state index contributed by atoms with van der Waals surface area (Å²) in [5.41, 5.74) is 2.92. The summed E-state index contributed by atoms with van der Waals surface area (Å²) < 4.78 is 2.36. The van der Waals surface area contributed by atoms with Crippen LogP contribution in [0, 0.1) is 5.92 Å². The molecule has 4 heterocycles. The van der Waals surface area contributed by atoms with Crippen molar-refractivity contribution in [1.82, 2.24) is 24.7 Å². The number of nitrogens with one attached hydrogen (secondary N) is 2. The molecule has 3 aliphatic heterocycles. The van der Waals surface area contributed by atoms with E-state index in [-0.39, 0.29) is 12.1 Å². The fourth-order valence-electron chi connectivity index (χ4n) is 5.86. The largest absolute Gasteiger partial charge is 0.336 e. The van der Waals surface area contributed by atoms with E-state index in [1.165, 1.54) is 57.3 Å². The first-order valence-corrected chi connectivity index (χ1v) is 12.1. The van der Waals surface area contributed by atoms with E-state index in [0.29, 0.717) is 0 Å². The van der Waals surface area contributed by atoms with Crippen LogP contribution in [0.5, 0.6) is 0 Å². The van der Waals surface area contributed by atoms with E-state index in [1.54, 1.807) is 0 Å². The highest BCUT2D eigenvalue weighted by atomic mass is 16.2. The third-order valence-electron chi connectivity index (χ3n) is 7.23. The van der Waals surface area contributed by atoms with E-state index < -0.39 is 0 Å². The number of piperidine rings is 2. The fourth-order valence-corrected chi connectivity index (χ4v) is 5.86. The molecule has 31 heavy (non-hydrogen) atoms. The average molecular weight is 425 g/mol. The molecule has 2 amide bonds. The molecule has 5 rings (SSSR count). The van der Waals surface area contributed by atoms with E-state index >= 15 is 0 Å². The average Bonchev–Trinajstić information content (AvgIpc) is 3.10. The number of amides is 2. The van der Waals surface area contributed by atoms with Gasteiger partial charge in [0.25, 0.3) is 0 Å². The second-order valence-corrected chi connectivity index (χ2v) is 9.87. The molecule has 2 N–H and O–H groups in total. The molecule has 7 heteroatoms. The van der Waals surface area contributed by atoms with Crippen molar-refractivity contribution in [3.8, 4) is 0 Å². The number of carbonyl (C=O) groups is 1. The van der Waals surface area contributed by atoms with Gasteiger partial charge in [-0.05, 0) is 76.7 Å². The molecule has 0 spiro atoms. The molecule has 0 bridgehead atoms. The highest BCUT2D eigenvalue weighted by Gasteiger charge is 2.34. The molecule has 0 aliphatic carbocycles. The van der Waals surface area contributed by atoms with Gasteiger partial charge in [-0.2, -0.15) is 0 Å². The fraction of sp³-hybridized carbons (Fsp3) is 0.667. The lowest BCUT2D eigenvalue weighted by Crippen LogP contribution is -2.51. The second kappa shape index (κ2) is 8.79. The molecular formula is C24H36N6O. The molecular weight excluding hydrogens is 388 g/mol. The van der Waals surface area contributed by atoms with Gasteiger partial charge < -0.3 is 20.1 Å². The van der Waals surface area contributed by atoms with E-state index in [4.69, 9.17) is 4.98 Å². The Morgan fingerprint density at radius 3 is 2.87 bits per heavy atom. The lowest BCUT2D eigenvalue weighted by atomic mass is 9.83. The number of hydrogen-bond acceptors (Lipinski definition) is 4. The SMILES string of the molecule is CC(C)NC(=O)Nc1ccc2c(c1)nc1n2CCN(C[C@@H]2CCCN3CCCC[C@@H]23)C1. The normalized spacial score (nSPS) is 24.7. The van der Waals surface area contributed by atoms with Crippen LogP contribution in [-0.2, 0) is 13.1 Å². The molecule has 2 fully saturated rings. The Hall–Kier alpha value is -2.12. The van der Waals surface area contributed by atoms with Crippen LogP contribution in [0.3, 0.4) is 0 Å². The van der Waals surface area contributed by atoms with Crippen LogP contribution in [0.25, 0.3) is 11.0 Å². The number of rotatable bonds is 4. The molecule has 0 unspecified atom stereocenters. The maximum Gasteiger partial charge on any atom is 0.319 e. The molecule has 0 saturated carbocycles. The molecule has 2 saturated heterocycles. The Balaban J connectivity index is 1.27. The summed E-state index contributed by atoms with van der Waals surface area (Å²) in [5.74, 6) is 1.96. The van der Waals surface area contributed by atoms with Crippen molar-refractivity contribution >= 4 is 22.8 Å². The van der Waals surface area contributed by atoms with Crippen molar-refractivity contribution in [1.29, 1.82) is 0 Å². The Morgan fingerprint density at radius 1 is 1.13 bits per heavy atom. The van der Waals surface area contributed by atoms with Gasteiger partial charge in [0.1, 0.15) is 5.82 Å². The van der Waals surface area contributed by atoms with E-state index in [9.17, 15) is 4.79 Å². The van der Waals surface area contributed by atoms with Crippen LogP contribution < -0.4 is 10.6 Å². The Bertz CT molecular complexity index is 936. The summed E-state index contributed by atoms with van der Waals surface area (Å²) in [6.07, 6.45) is 6.90. The third-order valence-corrected chi connectivity index (χ3v) is 7.23. The van der Waals surface area contributed by atoms with E-state index in [1.807, 2.05) is 26.0 Å². The topological polar surface area (TPSA) is 65.4 Å². The maximum atomic E-state index is 12.0. The van der Waals surface area contributed by atoms with Gasteiger partial charge in [0.2, 0.25) is 0 Å². The van der Waals surface area contributed by atoms with Crippen molar-refractivity contribution in [3.63, 3.8) is 0 Å².